The number of hydrogen-bond acceptors (Lipinski definition) is 3. The lowest BCUT2D eigenvalue weighted by Crippen LogP contribution is -2.00. The van der Waals surface area contributed by atoms with Crippen LogP contribution in [0, 0.1) is 17.4 Å². The molecule has 3 aromatic carbocycles. The number of nitrogens with zero attached hydrogens (tertiary/aromatic N) is 1. The second-order valence-corrected chi connectivity index (χ2v) is 7.45. The van der Waals surface area contributed by atoms with E-state index in [9.17, 15) is 0 Å². The van der Waals surface area contributed by atoms with Crippen LogP contribution in [-0.2, 0) is 6.61 Å². The number of ether oxygens (including phenoxy) is 2. The van der Waals surface area contributed by atoms with Crippen molar-refractivity contribution >= 4 is 34.5 Å². The lowest BCUT2D eigenvalue weighted by atomic mass is 10.1. The Bertz CT molecular complexity index is 952. The summed E-state index contributed by atoms with van der Waals surface area (Å²) < 4.78 is 12.6. The van der Waals surface area contributed by atoms with Gasteiger partial charge in [-0.3, -0.25) is 4.99 Å². The van der Waals surface area contributed by atoms with Crippen LogP contribution in [0.3, 0.4) is 0 Å². The molecule has 0 heterocycles. The summed E-state index contributed by atoms with van der Waals surface area (Å²) in [6.45, 7) is 4.69. The molecule has 0 bridgehead atoms. The van der Waals surface area contributed by atoms with Crippen LogP contribution in [0.5, 0.6) is 11.5 Å². The van der Waals surface area contributed by atoms with Gasteiger partial charge in [0.1, 0.15) is 6.61 Å². The van der Waals surface area contributed by atoms with Crippen LogP contribution in [0.2, 0.25) is 0 Å². The molecule has 3 aromatic rings. The van der Waals surface area contributed by atoms with Crippen molar-refractivity contribution in [3.63, 3.8) is 0 Å². The zero-order valence-electron chi connectivity index (χ0n) is 15.7. The fraction of sp³-hybridized carbons (Fsp3) is 0.174. The average Bonchev–Trinajstić information content (AvgIpc) is 2.68. The molecule has 0 radical (unpaired) electrons. The Morgan fingerprint density at radius 1 is 1.00 bits per heavy atom. The Morgan fingerprint density at radius 3 is 2.52 bits per heavy atom. The number of hydrogen-bond donors (Lipinski definition) is 0. The predicted molar refractivity (Wildman–Crippen MR) is 120 cm³/mol. The Balaban J connectivity index is 1.83. The molecule has 27 heavy (non-hydrogen) atoms. The van der Waals surface area contributed by atoms with E-state index in [0.29, 0.717) is 12.4 Å². The van der Waals surface area contributed by atoms with Gasteiger partial charge in [-0.25, -0.2) is 0 Å². The first-order valence-electron chi connectivity index (χ1n) is 8.73. The third-order valence-corrected chi connectivity index (χ3v) is 5.21. The summed E-state index contributed by atoms with van der Waals surface area (Å²) in [5.74, 6) is 1.46. The van der Waals surface area contributed by atoms with Crippen LogP contribution in [0.1, 0.15) is 22.3 Å². The minimum Gasteiger partial charge on any atom is -0.493 e. The highest BCUT2D eigenvalue weighted by atomic mass is 127. The van der Waals surface area contributed by atoms with Crippen LogP contribution in [-0.4, -0.2) is 13.3 Å². The van der Waals surface area contributed by atoms with Crippen molar-refractivity contribution in [2.45, 2.75) is 20.5 Å². The number of benzene rings is 3. The van der Waals surface area contributed by atoms with Crippen LogP contribution in [0.4, 0.5) is 5.69 Å². The van der Waals surface area contributed by atoms with Crippen LogP contribution >= 0.6 is 22.6 Å². The SMILES string of the molecule is COc1cc(C=Nc2cccc(C)c2C)cc(I)c1OCc1ccccc1. The zero-order chi connectivity index (χ0) is 19.2. The number of aryl methyl sites for hydroxylation is 1. The van der Waals surface area contributed by atoms with E-state index in [0.717, 1.165) is 26.1 Å². The monoisotopic (exact) mass is 471 g/mol. The molecule has 0 saturated carbocycles. The van der Waals surface area contributed by atoms with Crippen molar-refractivity contribution in [2.24, 2.45) is 4.99 Å². The second-order valence-electron chi connectivity index (χ2n) is 6.29. The molecule has 0 N–H and O–H groups in total. The first kappa shape index (κ1) is 19.4. The van der Waals surface area contributed by atoms with Crippen LogP contribution in [0.25, 0.3) is 0 Å². The lowest BCUT2D eigenvalue weighted by molar-refractivity contribution is 0.282. The molecule has 0 aliphatic heterocycles. The van der Waals surface area contributed by atoms with Gasteiger partial charge >= 0.3 is 0 Å². The van der Waals surface area contributed by atoms with Gasteiger partial charge in [0.15, 0.2) is 11.5 Å². The minimum atomic E-state index is 0.503. The highest BCUT2D eigenvalue weighted by Crippen LogP contribution is 2.34. The van der Waals surface area contributed by atoms with Crippen molar-refractivity contribution in [1.82, 2.24) is 0 Å². The first-order chi connectivity index (χ1) is 13.1. The highest BCUT2D eigenvalue weighted by Gasteiger charge is 2.11. The van der Waals surface area contributed by atoms with Gasteiger partial charge in [0, 0.05) is 6.21 Å². The molecule has 0 amide bonds. The van der Waals surface area contributed by atoms with Gasteiger partial charge in [-0.2, -0.15) is 0 Å². The summed E-state index contributed by atoms with van der Waals surface area (Å²) >= 11 is 2.28. The zero-order valence-corrected chi connectivity index (χ0v) is 17.9. The summed E-state index contributed by atoms with van der Waals surface area (Å²) in [5, 5.41) is 0. The fourth-order valence-electron chi connectivity index (χ4n) is 2.70. The first-order valence-corrected chi connectivity index (χ1v) is 9.81. The van der Waals surface area contributed by atoms with Crippen molar-refractivity contribution in [3.05, 3.63) is 86.5 Å². The van der Waals surface area contributed by atoms with E-state index in [1.807, 2.05) is 54.7 Å². The molecule has 4 heteroatoms. The van der Waals surface area contributed by atoms with E-state index < -0.39 is 0 Å². The lowest BCUT2D eigenvalue weighted by Gasteiger charge is -2.13. The number of halogens is 1. The molecule has 0 atom stereocenters. The molecule has 3 rings (SSSR count). The van der Waals surface area contributed by atoms with Crippen molar-refractivity contribution in [3.8, 4) is 11.5 Å². The Labute approximate surface area is 174 Å². The van der Waals surface area contributed by atoms with Gasteiger partial charge in [0.2, 0.25) is 0 Å². The standard InChI is InChI=1S/C23H22INO2/c1-16-8-7-11-21(17(16)2)25-14-19-12-20(24)23(22(13-19)26-3)27-15-18-9-5-4-6-10-18/h4-14H,15H2,1-3H3. The quantitative estimate of drug-likeness (QED) is 0.315. The van der Waals surface area contributed by atoms with Gasteiger partial charge < -0.3 is 9.47 Å². The molecule has 0 spiro atoms. The predicted octanol–water partition coefficient (Wildman–Crippen LogP) is 6.25. The Kier molecular flexibility index (Phi) is 6.50. The number of rotatable bonds is 6. The molecular weight excluding hydrogens is 449 g/mol. The van der Waals surface area contributed by atoms with Gasteiger partial charge in [-0.15, -0.1) is 0 Å². The van der Waals surface area contributed by atoms with E-state index in [2.05, 4.69) is 53.6 Å². The van der Waals surface area contributed by atoms with Gasteiger partial charge in [-0.05, 0) is 76.9 Å². The number of aliphatic imine (C=N–C) groups is 1. The summed E-state index contributed by atoms with van der Waals surface area (Å²) in [7, 11) is 1.66. The summed E-state index contributed by atoms with van der Waals surface area (Å²) in [4.78, 5) is 4.65. The van der Waals surface area contributed by atoms with Gasteiger partial charge in [0.25, 0.3) is 0 Å². The van der Waals surface area contributed by atoms with Crippen molar-refractivity contribution < 1.29 is 9.47 Å². The molecule has 0 fully saturated rings. The third kappa shape index (κ3) is 4.89. The van der Waals surface area contributed by atoms with Crippen molar-refractivity contribution in [1.29, 1.82) is 0 Å². The molecule has 0 aromatic heterocycles. The van der Waals surface area contributed by atoms with Crippen molar-refractivity contribution in [2.75, 3.05) is 7.11 Å². The Hall–Kier alpha value is -2.34. The van der Waals surface area contributed by atoms with Gasteiger partial charge in [0.05, 0.1) is 16.4 Å². The second kappa shape index (κ2) is 9.04. The molecule has 138 valence electrons. The van der Waals surface area contributed by atoms with E-state index in [4.69, 9.17) is 9.47 Å². The minimum absolute atomic E-state index is 0.503. The normalized spacial score (nSPS) is 11.0. The molecule has 0 aliphatic carbocycles. The smallest absolute Gasteiger partial charge is 0.174 e. The summed E-state index contributed by atoms with van der Waals surface area (Å²) in [5.41, 5.74) is 5.51. The van der Waals surface area contributed by atoms with E-state index in [1.54, 1.807) is 7.11 Å². The molecule has 0 unspecified atom stereocenters. The molecule has 0 aliphatic rings. The largest absolute Gasteiger partial charge is 0.493 e. The maximum atomic E-state index is 6.02. The topological polar surface area (TPSA) is 30.8 Å². The van der Waals surface area contributed by atoms with E-state index >= 15 is 0 Å². The Morgan fingerprint density at radius 2 is 1.78 bits per heavy atom. The number of methoxy groups -OCH3 is 1. The molecule has 3 nitrogen and oxygen atoms in total. The van der Waals surface area contributed by atoms with E-state index in [1.165, 1.54) is 11.1 Å². The van der Waals surface area contributed by atoms with Gasteiger partial charge in [-0.1, -0.05) is 42.5 Å². The maximum Gasteiger partial charge on any atom is 0.174 e. The molecular formula is C23H22INO2. The van der Waals surface area contributed by atoms with E-state index in [-0.39, 0.29) is 0 Å². The summed E-state index contributed by atoms with van der Waals surface area (Å²) in [6, 6.07) is 20.3. The third-order valence-electron chi connectivity index (χ3n) is 4.41. The highest BCUT2D eigenvalue weighted by molar-refractivity contribution is 14.1. The molecule has 0 saturated heterocycles. The maximum absolute atomic E-state index is 6.02. The van der Waals surface area contributed by atoms with Crippen LogP contribution in [0.15, 0.2) is 65.7 Å². The summed E-state index contributed by atoms with van der Waals surface area (Å²) in [6.07, 6.45) is 1.87. The average molecular weight is 471 g/mol. The van der Waals surface area contributed by atoms with Crippen LogP contribution < -0.4 is 9.47 Å². The fourth-order valence-corrected chi connectivity index (χ4v) is 3.48.